The number of ether oxygens (including phenoxy) is 2. The molecule has 0 radical (unpaired) electrons. The van der Waals surface area contributed by atoms with Crippen molar-refractivity contribution in [2.75, 3.05) is 19.8 Å². The van der Waals surface area contributed by atoms with Crippen molar-refractivity contribution in [1.82, 2.24) is 5.32 Å². The van der Waals surface area contributed by atoms with Gasteiger partial charge in [-0.3, -0.25) is 0 Å². The number of nitrogens with one attached hydrogen (secondary N) is 1. The number of hydrogen-bond donors (Lipinski definition) is 1. The summed E-state index contributed by atoms with van der Waals surface area (Å²) in [6.07, 6.45) is 1.02. The zero-order chi connectivity index (χ0) is 17.2. The monoisotopic (exact) mass is 455 g/mol. The van der Waals surface area contributed by atoms with Gasteiger partial charge in [-0.05, 0) is 75.0 Å². The van der Waals surface area contributed by atoms with Gasteiger partial charge in [0.05, 0.1) is 8.95 Å². The minimum atomic E-state index is 0.549. The first kappa shape index (κ1) is 19.4. The van der Waals surface area contributed by atoms with Crippen molar-refractivity contribution in [2.24, 2.45) is 0 Å². The molecule has 0 unspecified atom stereocenters. The Bertz CT molecular complexity index is 597. The van der Waals surface area contributed by atoms with Crippen LogP contribution in [0.3, 0.4) is 0 Å². The second kappa shape index (κ2) is 10.9. The summed E-state index contributed by atoms with van der Waals surface area (Å²) in [5.41, 5.74) is 2.36. The zero-order valence-electron chi connectivity index (χ0n) is 13.9. The van der Waals surface area contributed by atoms with Crippen LogP contribution >= 0.6 is 31.9 Å². The van der Waals surface area contributed by atoms with Crippen LogP contribution < -0.4 is 10.1 Å². The molecule has 0 atom stereocenters. The van der Waals surface area contributed by atoms with E-state index in [4.69, 9.17) is 9.47 Å². The summed E-state index contributed by atoms with van der Waals surface area (Å²) >= 11 is 7.22. The lowest BCUT2D eigenvalue weighted by molar-refractivity contribution is 0.144. The topological polar surface area (TPSA) is 30.5 Å². The van der Waals surface area contributed by atoms with Gasteiger partial charge in [0.1, 0.15) is 12.4 Å². The molecule has 0 saturated heterocycles. The molecule has 0 aliphatic rings. The third-order valence-corrected chi connectivity index (χ3v) is 4.64. The molecule has 0 aliphatic carbocycles. The van der Waals surface area contributed by atoms with Gasteiger partial charge in [0.15, 0.2) is 0 Å². The molecule has 2 aromatic rings. The van der Waals surface area contributed by atoms with E-state index in [0.29, 0.717) is 6.61 Å². The Morgan fingerprint density at radius 1 is 1.00 bits per heavy atom. The van der Waals surface area contributed by atoms with Gasteiger partial charge in [-0.2, -0.15) is 0 Å². The van der Waals surface area contributed by atoms with Gasteiger partial charge < -0.3 is 14.8 Å². The molecule has 0 aromatic heterocycles. The van der Waals surface area contributed by atoms with Crippen LogP contribution in [0.4, 0.5) is 0 Å². The normalized spacial score (nSPS) is 10.8. The van der Waals surface area contributed by atoms with Gasteiger partial charge in [-0.15, -0.1) is 0 Å². The highest BCUT2D eigenvalue weighted by Crippen LogP contribution is 2.35. The summed E-state index contributed by atoms with van der Waals surface area (Å²) in [6.45, 7) is 5.92. The fraction of sp³-hybridized carbons (Fsp3) is 0.368. The number of hydrogen-bond acceptors (Lipinski definition) is 3. The SMILES string of the molecule is CCOCCCNCc1cc(Br)c(OCc2ccccc2)c(Br)c1. The van der Waals surface area contributed by atoms with Crippen LogP contribution in [0, 0.1) is 0 Å². The minimum absolute atomic E-state index is 0.549. The van der Waals surface area contributed by atoms with Crippen LogP contribution in [-0.2, 0) is 17.9 Å². The Kier molecular flexibility index (Phi) is 8.81. The maximum Gasteiger partial charge on any atom is 0.148 e. The van der Waals surface area contributed by atoms with Crippen LogP contribution in [0.1, 0.15) is 24.5 Å². The number of rotatable bonds is 10. The van der Waals surface area contributed by atoms with E-state index in [1.165, 1.54) is 5.56 Å². The zero-order valence-corrected chi connectivity index (χ0v) is 17.0. The molecular formula is C19H23Br2NO2. The first-order chi connectivity index (χ1) is 11.7. The van der Waals surface area contributed by atoms with Crippen molar-refractivity contribution in [1.29, 1.82) is 0 Å². The van der Waals surface area contributed by atoms with Gasteiger partial charge >= 0.3 is 0 Å². The molecule has 0 spiro atoms. The molecule has 0 aliphatic heterocycles. The lowest BCUT2D eigenvalue weighted by atomic mass is 10.2. The second-order valence-electron chi connectivity index (χ2n) is 5.39. The smallest absolute Gasteiger partial charge is 0.148 e. The van der Waals surface area contributed by atoms with E-state index in [1.807, 2.05) is 25.1 Å². The molecule has 3 nitrogen and oxygen atoms in total. The Morgan fingerprint density at radius 2 is 1.71 bits per heavy atom. The number of halogens is 2. The van der Waals surface area contributed by atoms with Crippen molar-refractivity contribution < 1.29 is 9.47 Å². The van der Waals surface area contributed by atoms with Gasteiger partial charge in [0, 0.05) is 19.8 Å². The maximum atomic E-state index is 5.95. The summed E-state index contributed by atoms with van der Waals surface area (Å²) in [4.78, 5) is 0. The lowest BCUT2D eigenvalue weighted by Gasteiger charge is -2.13. The standard InChI is InChI=1S/C19H23Br2NO2/c1-2-23-10-6-9-22-13-16-11-17(20)19(18(21)12-16)24-14-15-7-4-3-5-8-15/h3-5,7-8,11-12,22H,2,6,9-10,13-14H2,1H3. The molecule has 2 rings (SSSR count). The fourth-order valence-electron chi connectivity index (χ4n) is 2.26. The molecule has 5 heteroatoms. The Balaban J connectivity index is 1.86. The number of benzene rings is 2. The Hall–Kier alpha value is -0.880. The average Bonchev–Trinajstić information content (AvgIpc) is 2.58. The summed E-state index contributed by atoms with van der Waals surface area (Å²) in [7, 11) is 0. The quantitative estimate of drug-likeness (QED) is 0.491. The van der Waals surface area contributed by atoms with Crippen molar-refractivity contribution >= 4 is 31.9 Å². The summed E-state index contributed by atoms with van der Waals surface area (Å²) in [6, 6.07) is 14.4. The van der Waals surface area contributed by atoms with Crippen molar-refractivity contribution in [2.45, 2.75) is 26.5 Å². The molecule has 0 fully saturated rings. The van der Waals surface area contributed by atoms with Gasteiger partial charge in [-0.25, -0.2) is 0 Å². The molecule has 1 N–H and O–H groups in total. The molecule has 0 heterocycles. The van der Waals surface area contributed by atoms with Gasteiger partial charge in [0.2, 0.25) is 0 Å². The van der Waals surface area contributed by atoms with Crippen LogP contribution in [0.25, 0.3) is 0 Å². The molecule has 0 saturated carbocycles. The van der Waals surface area contributed by atoms with E-state index < -0.39 is 0 Å². The molecule has 0 bridgehead atoms. The van der Waals surface area contributed by atoms with E-state index in [1.54, 1.807) is 0 Å². The summed E-state index contributed by atoms with van der Waals surface area (Å²) in [5, 5.41) is 3.43. The van der Waals surface area contributed by atoms with Crippen LogP contribution in [0.2, 0.25) is 0 Å². The van der Waals surface area contributed by atoms with E-state index in [0.717, 1.165) is 53.0 Å². The first-order valence-corrected chi connectivity index (χ1v) is 9.72. The second-order valence-corrected chi connectivity index (χ2v) is 7.10. The predicted octanol–water partition coefficient (Wildman–Crippen LogP) is 5.31. The van der Waals surface area contributed by atoms with Crippen LogP contribution in [0.15, 0.2) is 51.4 Å². The summed E-state index contributed by atoms with van der Waals surface area (Å²) in [5.74, 6) is 0.832. The van der Waals surface area contributed by atoms with Crippen molar-refractivity contribution in [3.63, 3.8) is 0 Å². The molecule has 130 valence electrons. The molecule has 24 heavy (non-hydrogen) atoms. The van der Waals surface area contributed by atoms with Crippen LogP contribution in [0.5, 0.6) is 5.75 Å². The van der Waals surface area contributed by atoms with E-state index in [2.05, 4.69) is 61.4 Å². The third kappa shape index (κ3) is 6.55. The average molecular weight is 457 g/mol. The third-order valence-electron chi connectivity index (χ3n) is 3.46. The van der Waals surface area contributed by atoms with E-state index in [9.17, 15) is 0 Å². The lowest BCUT2D eigenvalue weighted by Crippen LogP contribution is -2.16. The van der Waals surface area contributed by atoms with E-state index in [-0.39, 0.29) is 0 Å². The molecular weight excluding hydrogens is 434 g/mol. The van der Waals surface area contributed by atoms with Gasteiger partial charge in [-0.1, -0.05) is 30.3 Å². The molecule has 0 amide bonds. The highest BCUT2D eigenvalue weighted by Gasteiger charge is 2.09. The maximum absolute atomic E-state index is 5.95. The summed E-state index contributed by atoms with van der Waals surface area (Å²) < 4.78 is 13.2. The Labute approximate surface area is 161 Å². The predicted molar refractivity (Wildman–Crippen MR) is 105 cm³/mol. The highest BCUT2D eigenvalue weighted by molar-refractivity contribution is 9.11. The van der Waals surface area contributed by atoms with Gasteiger partial charge in [0.25, 0.3) is 0 Å². The van der Waals surface area contributed by atoms with Crippen molar-refractivity contribution in [3.8, 4) is 5.75 Å². The largest absolute Gasteiger partial charge is 0.487 e. The van der Waals surface area contributed by atoms with Crippen LogP contribution in [-0.4, -0.2) is 19.8 Å². The fourth-order valence-corrected chi connectivity index (χ4v) is 3.77. The Morgan fingerprint density at radius 3 is 2.38 bits per heavy atom. The van der Waals surface area contributed by atoms with E-state index >= 15 is 0 Å². The molecule has 2 aromatic carbocycles. The first-order valence-electron chi connectivity index (χ1n) is 8.13. The minimum Gasteiger partial charge on any atom is -0.487 e. The highest BCUT2D eigenvalue weighted by atomic mass is 79.9. The van der Waals surface area contributed by atoms with Crippen molar-refractivity contribution in [3.05, 3.63) is 62.5 Å².